The molecule has 1 aliphatic heterocycles. The molecule has 3 N–H and O–H groups in total. The van der Waals surface area contributed by atoms with Crippen molar-refractivity contribution in [2.75, 3.05) is 36.1 Å². The number of carbonyl (C=O) groups is 1. The highest BCUT2D eigenvalue weighted by atomic mass is 16.5. The summed E-state index contributed by atoms with van der Waals surface area (Å²) in [6, 6.07) is 13.2. The van der Waals surface area contributed by atoms with Crippen LogP contribution in [0.4, 0.5) is 17.2 Å². The number of aromatic nitrogens is 2. The van der Waals surface area contributed by atoms with Crippen LogP contribution >= 0.6 is 0 Å². The van der Waals surface area contributed by atoms with Gasteiger partial charge in [0.1, 0.15) is 23.9 Å². The van der Waals surface area contributed by atoms with Crippen LogP contribution in [0.15, 0.2) is 59.9 Å². The Hall–Kier alpha value is -3.94. The lowest BCUT2D eigenvalue weighted by Gasteiger charge is -2.16. The van der Waals surface area contributed by atoms with Crippen molar-refractivity contribution in [3.05, 3.63) is 71.7 Å². The number of hydrogen-bond acceptors (Lipinski definition) is 7. The zero-order valence-corrected chi connectivity index (χ0v) is 18.0. The molecule has 0 atom stereocenters. The predicted molar refractivity (Wildman–Crippen MR) is 127 cm³/mol. The van der Waals surface area contributed by atoms with E-state index in [0.29, 0.717) is 29.3 Å². The molecule has 164 valence electrons. The highest BCUT2D eigenvalue weighted by Crippen LogP contribution is 2.31. The zero-order chi connectivity index (χ0) is 22.3. The number of carbonyl (C=O) groups excluding carboxylic acids is 1. The van der Waals surface area contributed by atoms with E-state index in [0.717, 1.165) is 37.3 Å². The molecule has 8 heteroatoms. The molecule has 1 saturated heterocycles. The Bertz CT molecular complexity index is 1090. The third kappa shape index (κ3) is 5.03. The fourth-order valence-corrected chi connectivity index (χ4v) is 3.55. The Morgan fingerprint density at radius 2 is 1.97 bits per heavy atom. The van der Waals surface area contributed by atoms with E-state index in [4.69, 9.17) is 10.5 Å². The molecule has 3 aromatic rings. The van der Waals surface area contributed by atoms with Crippen LogP contribution in [0.1, 0.15) is 34.5 Å². The van der Waals surface area contributed by atoms with Gasteiger partial charge in [0.05, 0.1) is 18.1 Å². The minimum absolute atomic E-state index is 0.226. The number of ether oxygens (including phenoxy) is 1. The van der Waals surface area contributed by atoms with Crippen LogP contribution in [0.2, 0.25) is 0 Å². The Balaban J connectivity index is 1.54. The lowest BCUT2D eigenvalue weighted by atomic mass is 10.1. The Morgan fingerprint density at radius 3 is 2.66 bits per heavy atom. The van der Waals surface area contributed by atoms with Crippen molar-refractivity contribution < 1.29 is 9.53 Å². The summed E-state index contributed by atoms with van der Waals surface area (Å²) in [7, 11) is 1.66. The summed E-state index contributed by atoms with van der Waals surface area (Å²) in [6.45, 7) is 2.28. The molecular formula is C24H26N6O2. The maximum Gasteiger partial charge on any atom is 0.275 e. The first-order chi connectivity index (χ1) is 15.6. The second-order valence-electron chi connectivity index (χ2n) is 7.55. The van der Waals surface area contributed by atoms with E-state index < -0.39 is 0 Å². The molecule has 0 saturated carbocycles. The van der Waals surface area contributed by atoms with E-state index in [1.807, 2.05) is 30.3 Å². The summed E-state index contributed by atoms with van der Waals surface area (Å²) in [5, 5.41) is 2.88. The van der Waals surface area contributed by atoms with Crippen LogP contribution in [-0.4, -0.2) is 42.2 Å². The van der Waals surface area contributed by atoms with Crippen LogP contribution in [0.5, 0.6) is 5.75 Å². The molecule has 1 fully saturated rings. The summed E-state index contributed by atoms with van der Waals surface area (Å²) in [4.78, 5) is 27.8. The molecule has 0 spiro atoms. The minimum Gasteiger partial charge on any atom is -0.487 e. The molecule has 2 aromatic carbocycles. The summed E-state index contributed by atoms with van der Waals surface area (Å²) in [5.41, 5.74) is 9.06. The van der Waals surface area contributed by atoms with E-state index in [9.17, 15) is 4.79 Å². The van der Waals surface area contributed by atoms with Gasteiger partial charge >= 0.3 is 0 Å². The van der Waals surface area contributed by atoms with Gasteiger partial charge in [0.2, 0.25) is 0 Å². The molecule has 1 aromatic heterocycles. The number of nitrogens with one attached hydrogen (secondary N) is 1. The van der Waals surface area contributed by atoms with Gasteiger partial charge in [-0.15, -0.1) is 0 Å². The van der Waals surface area contributed by atoms with Gasteiger partial charge < -0.3 is 20.7 Å². The highest BCUT2D eigenvalue weighted by Gasteiger charge is 2.17. The smallest absolute Gasteiger partial charge is 0.275 e. The van der Waals surface area contributed by atoms with Crippen LogP contribution in [0, 0.1) is 0 Å². The zero-order valence-electron chi connectivity index (χ0n) is 18.0. The summed E-state index contributed by atoms with van der Waals surface area (Å²) >= 11 is 0. The number of rotatable bonds is 7. The number of nitrogen functional groups attached to an aromatic ring is 1. The summed E-state index contributed by atoms with van der Waals surface area (Å²) in [6.07, 6.45) is 7.08. The van der Waals surface area contributed by atoms with Crippen molar-refractivity contribution >= 4 is 29.3 Å². The standard InChI is InChI=1S/C24H26N6O2/c1-26-13-18-11-20(22(12-19(18)25)32-16-17-7-3-2-4-8-17)29-24(31)21-14-28-23(15-27-21)30-9-5-6-10-30/h2-4,7-8,11-15H,5-6,9-10,16,25H2,1H3,(H,29,31). The first-order valence-corrected chi connectivity index (χ1v) is 10.5. The molecule has 2 heterocycles. The Labute approximate surface area is 187 Å². The van der Waals surface area contributed by atoms with Crippen LogP contribution in [0.25, 0.3) is 0 Å². The Kier molecular flexibility index (Phi) is 6.60. The molecule has 1 amide bonds. The van der Waals surface area contributed by atoms with Crippen molar-refractivity contribution in [3.63, 3.8) is 0 Å². The lowest BCUT2D eigenvalue weighted by molar-refractivity contribution is 0.102. The van der Waals surface area contributed by atoms with Gasteiger partial charge in [-0.1, -0.05) is 30.3 Å². The normalized spacial score (nSPS) is 13.5. The molecule has 8 nitrogen and oxygen atoms in total. The number of nitrogens with zero attached hydrogens (tertiary/aromatic N) is 4. The number of nitrogens with two attached hydrogens (primary N) is 1. The van der Waals surface area contributed by atoms with Gasteiger partial charge in [-0.25, -0.2) is 9.97 Å². The minimum atomic E-state index is -0.376. The quantitative estimate of drug-likeness (QED) is 0.439. The summed E-state index contributed by atoms with van der Waals surface area (Å²) in [5.74, 6) is 0.883. The van der Waals surface area contributed by atoms with Crippen molar-refractivity contribution in [2.24, 2.45) is 4.99 Å². The molecule has 0 radical (unpaired) electrons. The maximum atomic E-state index is 12.9. The first-order valence-electron chi connectivity index (χ1n) is 10.5. The number of hydrogen-bond donors (Lipinski definition) is 2. The van der Waals surface area contributed by atoms with Gasteiger partial charge in [0.25, 0.3) is 5.91 Å². The number of anilines is 3. The lowest BCUT2D eigenvalue weighted by Crippen LogP contribution is -2.20. The molecule has 0 bridgehead atoms. The third-order valence-corrected chi connectivity index (χ3v) is 5.24. The van der Waals surface area contributed by atoms with E-state index in [2.05, 4.69) is 25.2 Å². The largest absolute Gasteiger partial charge is 0.487 e. The average Bonchev–Trinajstić information content (AvgIpc) is 3.36. The van der Waals surface area contributed by atoms with Gasteiger partial charge in [-0.05, 0) is 24.5 Å². The van der Waals surface area contributed by atoms with Crippen LogP contribution in [-0.2, 0) is 6.61 Å². The SMILES string of the molecule is CN=Cc1cc(NC(=O)c2cnc(N3CCCC3)cn2)c(OCc2ccccc2)cc1N. The molecule has 0 aliphatic carbocycles. The number of benzene rings is 2. The number of aliphatic imine (C=N–C) groups is 1. The van der Waals surface area contributed by atoms with Gasteiger partial charge in [0, 0.05) is 43.7 Å². The average molecular weight is 431 g/mol. The van der Waals surface area contributed by atoms with Crippen molar-refractivity contribution in [1.82, 2.24) is 9.97 Å². The van der Waals surface area contributed by atoms with Gasteiger partial charge in [-0.3, -0.25) is 9.79 Å². The van der Waals surface area contributed by atoms with E-state index in [1.54, 1.807) is 31.6 Å². The van der Waals surface area contributed by atoms with Gasteiger partial charge in [-0.2, -0.15) is 0 Å². The van der Waals surface area contributed by atoms with E-state index in [-0.39, 0.29) is 11.6 Å². The monoisotopic (exact) mass is 430 g/mol. The molecule has 32 heavy (non-hydrogen) atoms. The van der Waals surface area contributed by atoms with Crippen molar-refractivity contribution in [3.8, 4) is 5.75 Å². The highest BCUT2D eigenvalue weighted by molar-refractivity contribution is 6.04. The van der Waals surface area contributed by atoms with E-state index in [1.165, 1.54) is 6.20 Å². The van der Waals surface area contributed by atoms with Crippen molar-refractivity contribution in [2.45, 2.75) is 19.4 Å². The number of amides is 1. The second-order valence-corrected chi connectivity index (χ2v) is 7.55. The predicted octanol–water partition coefficient (Wildman–Crippen LogP) is 3.54. The van der Waals surface area contributed by atoms with Crippen LogP contribution < -0.4 is 20.7 Å². The Morgan fingerprint density at radius 1 is 1.19 bits per heavy atom. The van der Waals surface area contributed by atoms with Crippen molar-refractivity contribution in [1.29, 1.82) is 0 Å². The van der Waals surface area contributed by atoms with Crippen LogP contribution in [0.3, 0.4) is 0 Å². The second kappa shape index (κ2) is 9.91. The molecule has 0 unspecified atom stereocenters. The van der Waals surface area contributed by atoms with Gasteiger partial charge in [0.15, 0.2) is 0 Å². The fourth-order valence-electron chi connectivity index (χ4n) is 3.55. The summed E-state index contributed by atoms with van der Waals surface area (Å²) < 4.78 is 5.98. The molecule has 1 aliphatic rings. The topological polar surface area (TPSA) is 106 Å². The molecule has 4 rings (SSSR count). The van der Waals surface area contributed by atoms with E-state index >= 15 is 0 Å². The molecular weight excluding hydrogens is 404 g/mol. The third-order valence-electron chi connectivity index (χ3n) is 5.24. The maximum absolute atomic E-state index is 12.9. The first kappa shape index (κ1) is 21.3. The fraction of sp³-hybridized carbons (Fsp3) is 0.250.